The third-order valence-corrected chi connectivity index (χ3v) is 1.12. The first-order valence-electron chi connectivity index (χ1n) is 3.09. The van der Waals surface area contributed by atoms with Gasteiger partial charge in [0.25, 0.3) is 0 Å². The van der Waals surface area contributed by atoms with Crippen LogP contribution in [0.15, 0.2) is 0 Å². The van der Waals surface area contributed by atoms with Gasteiger partial charge < -0.3 is 9.57 Å². The quantitative estimate of drug-likeness (QED) is 0.451. The maximum atomic E-state index is 10.6. The summed E-state index contributed by atoms with van der Waals surface area (Å²) in [6, 6.07) is 0. The summed E-state index contributed by atoms with van der Waals surface area (Å²) in [7, 11) is 1.36. The molecule has 0 saturated heterocycles. The Labute approximate surface area is 60.2 Å². The van der Waals surface area contributed by atoms with Crippen LogP contribution in [0.4, 0.5) is 0 Å². The molecule has 1 atom stereocenters. The SMILES string of the molecule is COC(=O)CC(C)CON. The lowest BCUT2D eigenvalue weighted by Crippen LogP contribution is -2.14. The van der Waals surface area contributed by atoms with Crippen molar-refractivity contribution in [1.82, 2.24) is 0 Å². The predicted molar refractivity (Wildman–Crippen MR) is 35.9 cm³/mol. The van der Waals surface area contributed by atoms with Crippen molar-refractivity contribution in [2.24, 2.45) is 11.8 Å². The Hall–Kier alpha value is -0.610. The molecular formula is C6H13NO3. The van der Waals surface area contributed by atoms with Gasteiger partial charge >= 0.3 is 5.97 Å². The van der Waals surface area contributed by atoms with Crippen LogP contribution < -0.4 is 5.90 Å². The standard InChI is InChI=1S/C6H13NO3/c1-5(4-10-7)3-6(8)9-2/h5H,3-4,7H2,1-2H3. The average Bonchev–Trinajstić information content (AvgIpc) is 1.88. The van der Waals surface area contributed by atoms with Crippen molar-refractivity contribution in [2.45, 2.75) is 13.3 Å². The van der Waals surface area contributed by atoms with Crippen LogP contribution in [0.25, 0.3) is 0 Å². The molecule has 0 aromatic heterocycles. The summed E-state index contributed by atoms with van der Waals surface area (Å²) < 4.78 is 4.43. The molecule has 4 nitrogen and oxygen atoms in total. The number of ether oxygens (including phenoxy) is 1. The van der Waals surface area contributed by atoms with E-state index in [-0.39, 0.29) is 11.9 Å². The molecule has 0 amide bonds. The molecule has 0 heterocycles. The fourth-order valence-corrected chi connectivity index (χ4v) is 0.591. The second kappa shape index (κ2) is 5.20. The highest BCUT2D eigenvalue weighted by Gasteiger charge is 2.07. The van der Waals surface area contributed by atoms with Crippen molar-refractivity contribution in [2.75, 3.05) is 13.7 Å². The first-order valence-corrected chi connectivity index (χ1v) is 3.09. The van der Waals surface area contributed by atoms with E-state index in [0.29, 0.717) is 13.0 Å². The molecular weight excluding hydrogens is 134 g/mol. The lowest BCUT2D eigenvalue weighted by Gasteiger charge is -2.06. The van der Waals surface area contributed by atoms with Crippen LogP contribution in [0.3, 0.4) is 0 Å². The summed E-state index contributed by atoms with van der Waals surface area (Å²) in [6.07, 6.45) is 0.355. The lowest BCUT2D eigenvalue weighted by molar-refractivity contribution is -0.142. The fourth-order valence-electron chi connectivity index (χ4n) is 0.591. The van der Waals surface area contributed by atoms with E-state index in [2.05, 4.69) is 9.57 Å². The van der Waals surface area contributed by atoms with Crippen molar-refractivity contribution in [3.05, 3.63) is 0 Å². The number of methoxy groups -OCH3 is 1. The molecule has 0 bridgehead atoms. The highest BCUT2D eigenvalue weighted by molar-refractivity contribution is 5.69. The maximum Gasteiger partial charge on any atom is 0.305 e. The molecule has 0 aliphatic carbocycles. The van der Waals surface area contributed by atoms with E-state index in [9.17, 15) is 4.79 Å². The van der Waals surface area contributed by atoms with Crippen LogP contribution in [0, 0.1) is 5.92 Å². The van der Waals surface area contributed by atoms with Gasteiger partial charge in [0.05, 0.1) is 20.1 Å². The van der Waals surface area contributed by atoms with Gasteiger partial charge in [-0.1, -0.05) is 6.92 Å². The summed E-state index contributed by atoms with van der Waals surface area (Å²) in [5, 5.41) is 0. The van der Waals surface area contributed by atoms with Crippen molar-refractivity contribution in [3.8, 4) is 0 Å². The molecule has 0 fully saturated rings. The molecule has 0 aromatic carbocycles. The smallest absolute Gasteiger partial charge is 0.305 e. The summed E-state index contributed by atoms with van der Waals surface area (Å²) in [5.41, 5.74) is 0. The van der Waals surface area contributed by atoms with Crippen LogP contribution in [0.5, 0.6) is 0 Å². The summed E-state index contributed by atoms with van der Waals surface area (Å²) >= 11 is 0. The molecule has 1 unspecified atom stereocenters. The minimum Gasteiger partial charge on any atom is -0.469 e. The monoisotopic (exact) mass is 147 g/mol. The van der Waals surface area contributed by atoms with Crippen molar-refractivity contribution in [1.29, 1.82) is 0 Å². The summed E-state index contributed by atoms with van der Waals surface area (Å²) in [6.45, 7) is 2.25. The van der Waals surface area contributed by atoms with Gasteiger partial charge in [0.15, 0.2) is 0 Å². The van der Waals surface area contributed by atoms with Crippen LogP contribution in [0.1, 0.15) is 13.3 Å². The zero-order valence-electron chi connectivity index (χ0n) is 6.29. The Balaban J connectivity index is 3.37. The molecule has 2 N–H and O–H groups in total. The van der Waals surface area contributed by atoms with Crippen molar-refractivity contribution in [3.63, 3.8) is 0 Å². The number of nitrogens with two attached hydrogens (primary N) is 1. The Morgan fingerprint density at radius 2 is 2.30 bits per heavy atom. The Kier molecular flexibility index (Phi) is 4.88. The molecule has 0 radical (unpaired) electrons. The highest BCUT2D eigenvalue weighted by atomic mass is 16.6. The summed E-state index contributed by atoms with van der Waals surface area (Å²) in [4.78, 5) is 14.9. The fraction of sp³-hybridized carbons (Fsp3) is 0.833. The van der Waals surface area contributed by atoms with E-state index >= 15 is 0 Å². The topological polar surface area (TPSA) is 61.5 Å². The lowest BCUT2D eigenvalue weighted by atomic mass is 10.1. The first kappa shape index (κ1) is 9.39. The number of rotatable bonds is 4. The molecule has 0 aliphatic heterocycles. The third kappa shape index (κ3) is 4.29. The Morgan fingerprint density at radius 1 is 1.70 bits per heavy atom. The molecule has 0 spiro atoms. The number of hydrogen-bond donors (Lipinski definition) is 1. The van der Waals surface area contributed by atoms with Gasteiger partial charge in [-0.2, -0.15) is 0 Å². The number of carbonyl (C=O) groups excluding carboxylic acids is 1. The van der Waals surface area contributed by atoms with E-state index in [1.165, 1.54) is 7.11 Å². The largest absolute Gasteiger partial charge is 0.469 e. The molecule has 60 valence electrons. The summed E-state index contributed by atoms with van der Waals surface area (Å²) in [5.74, 6) is 4.69. The first-order chi connectivity index (χ1) is 4.70. The molecule has 0 rings (SSSR count). The normalized spacial score (nSPS) is 12.7. The van der Waals surface area contributed by atoms with Crippen LogP contribution in [0.2, 0.25) is 0 Å². The number of hydrogen-bond acceptors (Lipinski definition) is 4. The number of esters is 1. The van der Waals surface area contributed by atoms with Crippen LogP contribution in [-0.4, -0.2) is 19.7 Å². The second-order valence-corrected chi connectivity index (χ2v) is 2.22. The predicted octanol–water partition coefficient (Wildman–Crippen LogP) is 0.0759. The molecule has 0 aliphatic rings. The minimum atomic E-state index is -0.232. The van der Waals surface area contributed by atoms with Crippen molar-refractivity contribution >= 4 is 5.97 Å². The molecule has 4 heteroatoms. The van der Waals surface area contributed by atoms with Gasteiger partial charge in [-0.05, 0) is 5.92 Å². The van der Waals surface area contributed by atoms with E-state index < -0.39 is 0 Å². The van der Waals surface area contributed by atoms with Gasteiger partial charge in [-0.3, -0.25) is 4.79 Å². The Bertz CT molecular complexity index is 105. The van der Waals surface area contributed by atoms with Gasteiger partial charge in [0, 0.05) is 0 Å². The molecule has 0 saturated carbocycles. The van der Waals surface area contributed by atoms with Gasteiger partial charge in [0.1, 0.15) is 0 Å². The zero-order valence-corrected chi connectivity index (χ0v) is 6.29. The second-order valence-electron chi connectivity index (χ2n) is 2.22. The highest BCUT2D eigenvalue weighted by Crippen LogP contribution is 2.01. The van der Waals surface area contributed by atoms with E-state index in [1.807, 2.05) is 6.92 Å². The average molecular weight is 147 g/mol. The van der Waals surface area contributed by atoms with E-state index in [0.717, 1.165) is 0 Å². The van der Waals surface area contributed by atoms with Gasteiger partial charge in [0.2, 0.25) is 0 Å². The molecule has 0 aromatic rings. The number of carbonyl (C=O) groups is 1. The minimum absolute atomic E-state index is 0.123. The van der Waals surface area contributed by atoms with Crippen molar-refractivity contribution < 1.29 is 14.4 Å². The van der Waals surface area contributed by atoms with E-state index in [4.69, 9.17) is 5.90 Å². The molecule has 10 heavy (non-hydrogen) atoms. The van der Waals surface area contributed by atoms with Crippen LogP contribution >= 0.6 is 0 Å². The Morgan fingerprint density at radius 3 is 2.70 bits per heavy atom. The maximum absolute atomic E-state index is 10.6. The van der Waals surface area contributed by atoms with Crippen LogP contribution in [-0.2, 0) is 14.4 Å². The zero-order chi connectivity index (χ0) is 7.98. The third-order valence-electron chi connectivity index (χ3n) is 1.12. The van der Waals surface area contributed by atoms with E-state index in [1.54, 1.807) is 0 Å². The van der Waals surface area contributed by atoms with Gasteiger partial charge in [-0.25, -0.2) is 5.90 Å². The van der Waals surface area contributed by atoms with Gasteiger partial charge in [-0.15, -0.1) is 0 Å².